The lowest BCUT2D eigenvalue weighted by molar-refractivity contribution is -0.116. The van der Waals surface area contributed by atoms with Crippen molar-refractivity contribution in [2.24, 2.45) is 0 Å². The number of fused-ring (bicyclic) bond motifs is 2. The number of oxazole rings is 1. The fourth-order valence-electron chi connectivity index (χ4n) is 3.61. The molecule has 0 spiro atoms. The molecule has 0 saturated heterocycles. The molecule has 172 valence electrons. The summed E-state index contributed by atoms with van der Waals surface area (Å²) in [6.07, 6.45) is 2.93. The molecule has 34 heavy (non-hydrogen) atoms. The number of hydrogen-bond donors (Lipinski definition) is 0. The molecule has 3 aromatic heterocycles. The van der Waals surface area contributed by atoms with Crippen LogP contribution in [0.25, 0.3) is 27.6 Å². The Hall–Kier alpha value is -2.98. The number of carbonyl (C=O) groups excluding carboxylic acids is 1. The fraction of sp³-hybridized carbons (Fsp3) is 0.0870. The van der Waals surface area contributed by atoms with Crippen LogP contribution in [-0.2, 0) is 21.1 Å². The normalized spacial score (nSPS) is 11.9. The second kappa shape index (κ2) is 8.66. The molecule has 0 fully saturated rings. The predicted molar refractivity (Wildman–Crippen MR) is 132 cm³/mol. The third-order valence-electron chi connectivity index (χ3n) is 5.25. The van der Waals surface area contributed by atoms with Crippen LogP contribution in [0.3, 0.4) is 0 Å². The summed E-state index contributed by atoms with van der Waals surface area (Å²) in [5.41, 5.74) is 2.21. The van der Waals surface area contributed by atoms with Gasteiger partial charge >= 0.3 is 0 Å². The molecule has 0 saturated carbocycles. The van der Waals surface area contributed by atoms with E-state index in [9.17, 15) is 18.0 Å². The Labute approximate surface area is 207 Å². The molecule has 5 aromatic rings. The van der Waals surface area contributed by atoms with E-state index < -0.39 is 21.4 Å². The number of sulfone groups is 1. The van der Waals surface area contributed by atoms with Crippen LogP contribution in [0, 0.1) is 0 Å². The largest absolute Gasteiger partial charge is 0.443 e. The predicted octanol–water partition coefficient (Wildman–Crippen LogP) is 5.09. The first-order valence-electron chi connectivity index (χ1n) is 9.88. The Kier molecular flexibility index (Phi) is 5.81. The molecule has 3 heterocycles. The standard InChI is InChI=1S/C23H14Cl2N2O5S2/c24-18-10-21(33-22(18)25)34(30,31)11-16(28)7-13-1-3-15(4-2-13)27-6-5-14-8-19-20(32-12-26-19)9-17(14)23(27)29/h1-6,8-10,12H,7,11H2. The molecule has 0 N–H and O–H groups in total. The number of carbonyl (C=O) groups is 1. The molecule has 0 aliphatic rings. The van der Waals surface area contributed by atoms with Gasteiger partial charge in [-0.15, -0.1) is 11.3 Å². The number of ketones is 1. The Morgan fingerprint density at radius 2 is 1.85 bits per heavy atom. The van der Waals surface area contributed by atoms with Crippen LogP contribution in [0.4, 0.5) is 0 Å². The van der Waals surface area contributed by atoms with E-state index in [1.165, 1.54) is 17.0 Å². The van der Waals surface area contributed by atoms with Crippen molar-refractivity contribution < 1.29 is 17.6 Å². The van der Waals surface area contributed by atoms with Gasteiger partial charge < -0.3 is 4.42 Å². The summed E-state index contributed by atoms with van der Waals surface area (Å²) < 4.78 is 31.9. The highest BCUT2D eigenvalue weighted by atomic mass is 35.5. The number of pyridine rings is 1. The van der Waals surface area contributed by atoms with Gasteiger partial charge in [0.05, 0.1) is 10.4 Å². The molecular weight excluding hydrogens is 519 g/mol. The van der Waals surface area contributed by atoms with Crippen LogP contribution >= 0.6 is 34.5 Å². The summed E-state index contributed by atoms with van der Waals surface area (Å²) in [4.78, 5) is 29.6. The van der Waals surface area contributed by atoms with E-state index in [2.05, 4.69) is 4.98 Å². The van der Waals surface area contributed by atoms with E-state index in [4.69, 9.17) is 27.6 Å². The van der Waals surface area contributed by atoms with Gasteiger partial charge in [0.15, 0.2) is 27.6 Å². The highest BCUT2D eigenvalue weighted by molar-refractivity contribution is 7.94. The fourth-order valence-corrected chi connectivity index (χ4v) is 6.82. The molecule has 0 unspecified atom stereocenters. The van der Waals surface area contributed by atoms with Crippen LogP contribution < -0.4 is 5.56 Å². The number of thiophene rings is 1. The van der Waals surface area contributed by atoms with Crippen molar-refractivity contribution in [3.05, 3.63) is 86.4 Å². The summed E-state index contributed by atoms with van der Waals surface area (Å²) in [5.74, 6) is -1.12. The van der Waals surface area contributed by atoms with E-state index in [0.717, 1.165) is 16.7 Å². The molecule has 5 rings (SSSR count). The lowest BCUT2D eigenvalue weighted by Crippen LogP contribution is -2.18. The number of hydrogen-bond acceptors (Lipinski definition) is 7. The zero-order valence-corrected chi connectivity index (χ0v) is 20.3. The molecule has 0 aliphatic heterocycles. The zero-order chi connectivity index (χ0) is 24.0. The van der Waals surface area contributed by atoms with Gasteiger partial charge in [-0.05, 0) is 47.3 Å². The minimum Gasteiger partial charge on any atom is -0.443 e. The van der Waals surface area contributed by atoms with Crippen molar-refractivity contribution in [3.8, 4) is 5.69 Å². The van der Waals surface area contributed by atoms with Crippen LogP contribution in [0.1, 0.15) is 5.56 Å². The maximum absolute atomic E-state index is 13.0. The maximum Gasteiger partial charge on any atom is 0.263 e. The lowest BCUT2D eigenvalue weighted by Gasteiger charge is -2.09. The third kappa shape index (κ3) is 4.27. The Morgan fingerprint density at radius 3 is 2.56 bits per heavy atom. The second-order valence-electron chi connectivity index (χ2n) is 7.58. The smallest absolute Gasteiger partial charge is 0.263 e. The zero-order valence-electron chi connectivity index (χ0n) is 17.2. The first-order valence-corrected chi connectivity index (χ1v) is 13.1. The van der Waals surface area contributed by atoms with Gasteiger partial charge in [0.1, 0.15) is 19.8 Å². The molecule has 0 amide bonds. The summed E-state index contributed by atoms with van der Waals surface area (Å²) >= 11 is 12.5. The van der Waals surface area contributed by atoms with Crippen molar-refractivity contribution in [3.63, 3.8) is 0 Å². The van der Waals surface area contributed by atoms with Crippen LogP contribution in [0.2, 0.25) is 9.36 Å². The molecular formula is C23H14Cl2N2O5S2. The van der Waals surface area contributed by atoms with E-state index in [1.54, 1.807) is 42.6 Å². The average Bonchev–Trinajstić information content (AvgIpc) is 3.39. The number of Topliss-reactive ketones (excluding diaryl/α,β-unsaturated/α-hetero) is 1. The maximum atomic E-state index is 13.0. The van der Waals surface area contributed by atoms with E-state index in [-0.39, 0.29) is 25.5 Å². The lowest BCUT2D eigenvalue weighted by atomic mass is 10.1. The molecule has 7 nitrogen and oxygen atoms in total. The number of nitrogens with zero attached hydrogens (tertiary/aromatic N) is 2. The van der Waals surface area contributed by atoms with Gasteiger partial charge in [-0.3, -0.25) is 14.2 Å². The van der Waals surface area contributed by atoms with E-state index in [0.29, 0.717) is 27.7 Å². The number of benzene rings is 2. The van der Waals surface area contributed by atoms with E-state index >= 15 is 0 Å². The first kappa shape index (κ1) is 22.8. The van der Waals surface area contributed by atoms with Crippen molar-refractivity contribution in [1.82, 2.24) is 9.55 Å². The molecule has 2 aromatic carbocycles. The van der Waals surface area contributed by atoms with Crippen LogP contribution in [0.5, 0.6) is 0 Å². The van der Waals surface area contributed by atoms with E-state index in [1.807, 2.05) is 6.07 Å². The third-order valence-corrected chi connectivity index (χ3v) is 9.36. The Morgan fingerprint density at radius 1 is 1.09 bits per heavy atom. The minimum atomic E-state index is -3.83. The second-order valence-corrected chi connectivity index (χ2v) is 11.9. The van der Waals surface area contributed by atoms with Crippen LogP contribution in [-0.4, -0.2) is 29.5 Å². The van der Waals surface area contributed by atoms with Crippen molar-refractivity contribution in [2.45, 2.75) is 10.6 Å². The van der Waals surface area contributed by atoms with Crippen molar-refractivity contribution in [1.29, 1.82) is 0 Å². The van der Waals surface area contributed by atoms with Crippen molar-refractivity contribution >= 4 is 72.0 Å². The van der Waals surface area contributed by atoms with Crippen LogP contribution in [0.15, 0.2) is 74.5 Å². The summed E-state index contributed by atoms with van der Waals surface area (Å²) in [6.45, 7) is 0. The summed E-state index contributed by atoms with van der Waals surface area (Å²) in [7, 11) is -3.83. The Balaban J connectivity index is 1.36. The minimum absolute atomic E-state index is 0.0375. The SMILES string of the molecule is O=C(Cc1ccc(-n2ccc3cc4ncoc4cc3c2=O)cc1)CS(=O)(=O)c1cc(Cl)c(Cl)s1. The summed E-state index contributed by atoms with van der Waals surface area (Å²) in [5, 5.41) is 1.38. The monoisotopic (exact) mass is 532 g/mol. The highest BCUT2D eigenvalue weighted by Gasteiger charge is 2.23. The van der Waals surface area contributed by atoms with Gasteiger partial charge in [0, 0.05) is 18.3 Å². The number of aromatic nitrogens is 2. The summed E-state index contributed by atoms with van der Waals surface area (Å²) in [6, 6.07) is 13.3. The van der Waals surface area contributed by atoms with Gasteiger partial charge in [-0.1, -0.05) is 35.3 Å². The molecule has 0 aliphatic carbocycles. The van der Waals surface area contributed by atoms with Gasteiger partial charge in [0.25, 0.3) is 5.56 Å². The molecule has 0 bridgehead atoms. The first-order chi connectivity index (χ1) is 16.2. The number of halogens is 2. The average molecular weight is 533 g/mol. The number of rotatable bonds is 6. The molecule has 11 heteroatoms. The highest BCUT2D eigenvalue weighted by Crippen LogP contribution is 2.34. The van der Waals surface area contributed by atoms with Gasteiger partial charge in [-0.2, -0.15) is 0 Å². The molecule has 0 radical (unpaired) electrons. The topological polar surface area (TPSA) is 99.2 Å². The molecule has 0 atom stereocenters. The van der Waals surface area contributed by atoms with Crippen molar-refractivity contribution in [2.75, 3.05) is 5.75 Å². The Bertz CT molecular complexity index is 1720. The van der Waals surface area contributed by atoms with Gasteiger partial charge in [0.2, 0.25) is 0 Å². The van der Waals surface area contributed by atoms with Gasteiger partial charge in [-0.25, -0.2) is 13.4 Å². The quantitative estimate of drug-likeness (QED) is 0.302.